The predicted octanol–water partition coefficient (Wildman–Crippen LogP) is 4.55. The van der Waals surface area contributed by atoms with Gasteiger partial charge in [-0.15, -0.1) is 6.58 Å². The summed E-state index contributed by atoms with van der Waals surface area (Å²) in [6.07, 6.45) is 10.2. The smallest absolute Gasteiger partial charge is 0.0602 e. The molecule has 4 rings (SSSR count). The van der Waals surface area contributed by atoms with Crippen molar-refractivity contribution in [1.29, 1.82) is 0 Å². The SMILES string of the molecule is C=CCC[C@@H](C)[C@H]1CC[C@H]2[C@@H]3[C@H](O)C[C@@H]4C[C@H](O)CC[C@]4(C)[C@H]3C[C@H](O)[C@]12C. The molecule has 0 aromatic heterocycles. The second kappa shape index (κ2) is 7.39. The first-order valence-corrected chi connectivity index (χ1v) is 11.9. The van der Waals surface area contributed by atoms with Gasteiger partial charge < -0.3 is 15.3 Å². The highest BCUT2D eigenvalue weighted by atomic mass is 16.3. The van der Waals surface area contributed by atoms with Crippen molar-refractivity contribution >= 4 is 0 Å². The van der Waals surface area contributed by atoms with Gasteiger partial charge in [0.2, 0.25) is 0 Å². The maximum atomic E-state index is 11.5. The largest absolute Gasteiger partial charge is 0.393 e. The number of hydrogen-bond acceptors (Lipinski definition) is 3. The second-order valence-corrected chi connectivity index (χ2v) is 11.4. The van der Waals surface area contributed by atoms with E-state index in [1.54, 1.807) is 0 Å². The first kappa shape index (κ1) is 20.9. The first-order valence-electron chi connectivity index (χ1n) is 11.9. The molecule has 3 heteroatoms. The minimum absolute atomic E-state index is 0.0693. The molecule has 4 fully saturated rings. The van der Waals surface area contributed by atoms with Gasteiger partial charge in [-0.25, -0.2) is 0 Å². The molecule has 0 aromatic rings. The van der Waals surface area contributed by atoms with Gasteiger partial charge in [0.15, 0.2) is 0 Å². The average Bonchev–Trinajstić information content (AvgIpc) is 3.01. The summed E-state index contributed by atoms with van der Waals surface area (Å²) in [4.78, 5) is 0. The number of aliphatic hydroxyl groups is 3. The van der Waals surface area contributed by atoms with Gasteiger partial charge in [-0.1, -0.05) is 26.8 Å². The number of rotatable bonds is 4. The molecule has 0 radical (unpaired) electrons. The monoisotopic (exact) mass is 390 g/mol. The van der Waals surface area contributed by atoms with Crippen molar-refractivity contribution in [3.05, 3.63) is 12.7 Å². The van der Waals surface area contributed by atoms with Crippen LogP contribution >= 0.6 is 0 Å². The maximum Gasteiger partial charge on any atom is 0.0602 e. The summed E-state index contributed by atoms with van der Waals surface area (Å²) in [5.41, 5.74) is 0.0953. The van der Waals surface area contributed by atoms with Crippen LogP contribution in [-0.4, -0.2) is 33.6 Å². The molecule has 0 aromatic carbocycles. The number of aliphatic hydroxyl groups excluding tert-OH is 3. The van der Waals surface area contributed by atoms with Crippen LogP contribution in [0.1, 0.15) is 78.6 Å². The molecule has 3 nitrogen and oxygen atoms in total. The standard InChI is InChI=1S/C25H42O3/c1-5-6-7-15(2)18-8-9-19-23-20(14-22(28)25(18,19)4)24(3)11-10-17(26)12-16(24)13-21(23)27/h5,15-23,26-28H,1,6-14H2,2-4H3/t15-,16+,17-,18-,19+,20+,21-,22+,23+,24+,25-/m1/s1. The summed E-state index contributed by atoms with van der Waals surface area (Å²) in [6.45, 7) is 11.0. The average molecular weight is 391 g/mol. The van der Waals surface area contributed by atoms with Crippen molar-refractivity contribution < 1.29 is 15.3 Å². The number of hydrogen-bond donors (Lipinski definition) is 3. The van der Waals surface area contributed by atoms with Crippen LogP contribution < -0.4 is 0 Å². The fourth-order valence-electron chi connectivity index (χ4n) is 8.71. The molecule has 0 bridgehead atoms. The lowest BCUT2D eigenvalue weighted by Gasteiger charge is -2.63. The summed E-state index contributed by atoms with van der Waals surface area (Å²) < 4.78 is 0. The van der Waals surface area contributed by atoms with E-state index in [2.05, 4.69) is 27.4 Å². The van der Waals surface area contributed by atoms with Gasteiger partial charge in [0.05, 0.1) is 18.3 Å². The van der Waals surface area contributed by atoms with Crippen LogP contribution in [0.3, 0.4) is 0 Å². The highest BCUT2D eigenvalue weighted by molar-refractivity contribution is 5.14. The molecular formula is C25H42O3. The molecule has 0 unspecified atom stereocenters. The Morgan fingerprint density at radius 3 is 2.50 bits per heavy atom. The molecule has 4 aliphatic rings. The fourth-order valence-corrected chi connectivity index (χ4v) is 8.71. The summed E-state index contributed by atoms with van der Waals surface area (Å²) in [7, 11) is 0. The van der Waals surface area contributed by atoms with Crippen molar-refractivity contribution in [2.75, 3.05) is 0 Å². The molecule has 160 valence electrons. The highest BCUT2D eigenvalue weighted by Crippen LogP contribution is 2.68. The minimum Gasteiger partial charge on any atom is -0.393 e. The van der Waals surface area contributed by atoms with E-state index >= 15 is 0 Å². The minimum atomic E-state index is -0.271. The van der Waals surface area contributed by atoms with Gasteiger partial charge in [-0.05, 0) is 104 Å². The van der Waals surface area contributed by atoms with Gasteiger partial charge in [0.25, 0.3) is 0 Å². The molecule has 0 saturated heterocycles. The molecule has 11 atom stereocenters. The first-order chi connectivity index (χ1) is 13.2. The van der Waals surface area contributed by atoms with E-state index in [0.29, 0.717) is 35.5 Å². The van der Waals surface area contributed by atoms with Crippen LogP contribution in [0, 0.1) is 46.3 Å². The normalized spacial score (nSPS) is 54.4. The molecule has 4 aliphatic carbocycles. The summed E-state index contributed by atoms with van der Waals surface area (Å²) >= 11 is 0. The number of allylic oxidation sites excluding steroid dienone is 1. The Bertz CT molecular complexity index is 590. The molecule has 0 spiro atoms. The summed E-state index contributed by atoms with van der Waals surface area (Å²) in [5.74, 6) is 2.67. The van der Waals surface area contributed by atoms with E-state index in [-0.39, 0.29) is 29.1 Å². The van der Waals surface area contributed by atoms with Crippen molar-refractivity contribution in [3.8, 4) is 0 Å². The summed E-state index contributed by atoms with van der Waals surface area (Å²) in [5, 5.41) is 33.0. The Labute approximate surface area is 171 Å². The van der Waals surface area contributed by atoms with Crippen LogP contribution in [0.25, 0.3) is 0 Å². The van der Waals surface area contributed by atoms with Gasteiger partial charge in [0.1, 0.15) is 0 Å². The third-order valence-electron chi connectivity index (χ3n) is 10.3. The summed E-state index contributed by atoms with van der Waals surface area (Å²) in [6, 6.07) is 0. The van der Waals surface area contributed by atoms with E-state index in [4.69, 9.17) is 0 Å². The quantitative estimate of drug-likeness (QED) is 0.617. The zero-order valence-corrected chi connectivity index (χ0v) is 18.2. The number of fused-ring (bicyclic) bond motifs is 5. The van der Waals surface area contributed by atoms with Gasteiger partial charge in [-0.2, -0.15) is 0 Å². The molecular weight excluding hydrogens is 348 g/mol. The maximum absolute atomic E-state index is 11.5. The van der Waals surface area contributed by atoms with Crippen LogP contribution in [-0.2, 0) is 0 Å². The lowest BCUT2D eigenvalue weighted by Crippen LogP contribution is -2.62. The van der Waals surface area contributed by atoms with Crippen LogP contribution in [0.4, 0.5) is 0 Å². The lowest BCUT2D eigenvalue weighted by atomic mass is 9.43. The van der Waals surface area contributed by atoms with E-state index in [9.17, 15) is 15.3 Å². The van der Waals surface area contributed by atoms with Crippen molar-refractivity contribution in [1.82, 2.24) is 0 Å². The zero-order chi connectivity index (χ0) is 20.3. The van der Waals surface area contributed by atoms with Crippen molar-refractivity contribution in [3.63, 3.8) is 0 Å². The topological polar surface area (TPSA) is 60.7 Å². The Balaban J connectivity index is 1.63. The van der Waals surface area contributed by atoms with Gasteiger partial charge in [0, 0.05) is 0 Å². The van der Waals surface area contributed by atoms with Gasteiger partial charge >= 0.3 is 0 Å². The fraction of sp³-hybridized carbons (Fsp3) is 0.920. The molecule has 4 saturated carbocycles. The predicted molar refractivity (Wildman–Crippen MR) is 113 cm³/mol. The Hall–Kier alpha value is -0.380. The molecule has 28 heavy (non-hydrogen) atoms. The molecule has 0 heterocycles. The third-order valence-corrected chi connectivity index (χ3v) is 10.3. The molecule has 3 N–H and O–H groups in total. The lowest BCUT2D eigenvalue weighted by molar-refractivity contribution is -0.207. The second-order valence-electron chi connectivity index (χ2n) is 11.4. The molecule has 0 aliphatic heterocycles. The molecule has 0 amide bonds. The Kier molecular flexibility index (Phi) is 5.51. The van der Waals surface area contributed by atoms with Crippen molar-refractivity contribution in [2.45, 2.75) is 96.9 Å². The Morgan fingerprint density at radius 2 is 1.79 bits per heavy atom. The zero-order valence-electron chi connectivity index (χ0n) is 18.2. The van der Waals surface area contributed by atoms with E-state index < -0.39 is 0 Å². The van der Waals surface area contributed by atoms with Crippen LogP contribution in [0.15, 0.2) is 12.7 Å². The van der Waals surface area contributed by atoms with Gasteiger partial charge in [-0.3, -0.25) is 0 Å². The van der Waals surface area contributed by atoms with E-state index in [0.717, 1.165) is 51.4 Å². The van der Waals surface area contributed by atoms with E-state index in [1.165, 1.54) is 6.42 Å². The third kappa shape index (κ3) is 2.94. The van der Waals surface area contributed by atoms with E-state index in [1.807, 2.05) is 6.08 Å². The highest BCUT2D eigenvalue weighted by Gasteiger charge is 2.65. The van der Waals surface area contributed by atoms with Crippen molar-refractivity contribution in [2.24, 2.45) is 46.3 Å². The van der Waals surface area contributed by atoms with Crippen LogP contribution in [0.5, 0.6) is 0 Å². The van der Waals surface area contributed by atoms with Crippen LogP contribution in [0.2, 0.25) is 0 Å². The Morgan fingerprint density at radius 1 is 1.04 bits per heavy atom.